The minimum atomic E-state index is -0.301. The molecule has 1 spiro atoms. The Morgan fingerprint density at radius 1 is 1.03 bits per heavy atom. The largest absolute Gasteiger partial charge is 0.382 e. The molecule has 6 rings (SSSR count). The van der Waals surface area contributed by atoms with Gasteiger partial charge in [0.05, 0.1) is 23.4 Å². The van der Waals surface area contributed by atoms with E-state index in [4.69, 9.17) is 10.7 Å². The lowest BCUT2D eigenvalue weighted by Crippen LogP contribution is -2.39. The second-order valence-corrected chi connectivity index (χ2v) is 8.98. The number of nitrogens with two attached hydrogens (primary N) is 1. The zero-order valence-corrected chi connectivity index (χ0v) is 17.0. The maximum absolute atomic E-state index is 12.3. The van der Waals surface area contributed by atoms with E-state index < -0.39 is 0 Å². The predicted molar refractivity (Wildman–Crippen MR) is 117 cm³/mol. The van der Waals surface area contributed by atoms with Crippen LogP contribution in [0.2, 0.25) is 0 Å². The molecular formula is C25H21N5O. The molecule has 0 radical (unpaired) electrons. The normalized spacial score (nSPS) is 19.3. The van der Waals surface area contributed by atoms with Crippen molar-refractivity contribution in [3.05, 3.63) is 65.4 Å². The number of nitrogens with one attached hydrogen (secondary N) is 1. The molecule has 3 aromatic rings. The van der Waals surface area contributed by atoms with Crippen LogP contribution in [0.1, 0.15) is 47.2 Å². The van der Waals surface area contributed by atoms with Crippen LogP contribution in [0, 0.1) is 11.3 Å². The first-order valence-corrected chi connectivity index (χ1v) is 10.6. The van der Waals surface area contributed by atoms with Gasteiger partial charge in [-0.3, -0.25) is 4.79 Å². The van der Waals surface area contributed by atoms with Crippen LogP contribution in [0.3, 0.4) is 0 Å². The van der Waals surface area contributed by atoms with Gasteiger partial charge in [-0.15, -0.1) is 0 Å². The van der Waals surface area contributed by atoms with Gasteiger partial charge < -0.3 is 11.1 Å². The van der Waals surface area contributed by atoms with E-state index >= 15 is 0 Å². The SMILES string of the molecule is N#CC1(c2ccc(-c3cnc(N)c(-c4ccc5c(c4)C4(CC4)CNC5=O)n3)cc2)CC1. The molecule has 2 aliphatic carbocycles. The van der Waals surface area contributed by atoms with Crippen LogP contribution in [-0.4, -0.2) is 22.4 Å². The summed E-state index contributed by atoms with van der Waals surface area (Å²) in [5.74, 6) is 0.351. The number of hydrogen-bond donors (Lipinski definition) is 2. The van der Waals surface area contributed by atoms with Crippen molar-refractivity contribution >= 4 is 11.7 Å². The number of hydrogen-bond acceptors (Lipinski definition) is 5. The Labute approximate surface area is 180 Å². The molecule has 0 bridgehead atoms. The van der Waals surface area contributed by atoms with Crippen LogP contribution < -0.4 is 11.1 Å². The van der Waals surface area contributed by atoms with Crippen LogP contribution >= 0.6 is 0 Å². The van der Waals surface area contributed by atoms with Crippen LogP contribution in [0.25, 0.3) is 22.5 Å². The first-order valence-electron chi connectivity index (χ1n) is 10.6. The Kier molecular flexibility index (Phi) is 3.58. The van der Waals surface area contributed by atoms with E-state index in [1.807, 2.05) is 36.4 Å². The number of carbonyl (C=O) groups is 1. The second-order valence-electron chi connectivity index (χ2n) is 8.98. The Bertz CT molecular complexity index is 1280. The number of rotatable bonds is 3. The molecule has 152 valence electrons. The number of aromatic nitrogens is 2. The molecule has 2 saturated carbocycles. The van der Waals surface area contributed by atoms with E-state index in [0.717, 1.165) is 59.2 Å². The third kappa shape index (κ3) is 2.73. The van der Waals surface area contributed by atoms with Crippen molar-refractivity contribution in [1.29, 1.82) is 5.26 Å². The third-order valence-corrected chi connectivity index (χ3v) is 7.05. The minimum absolute atomic E-state index is 0.0159. The van der Waals surface area contributed by atoms with Crippen molar-refractivity contribution in [1.82, 2.24) is 15.3 Å². The van der Waals surface area contributed by atoms with Crippen LogP contribution in [0.4, 0.5) is 5.82 Å². The monoisotopic (exact) mass is 407 g/mol. The zero-order chi connectivity index (χ0) is 21.2. The van der Waals surface area contributed by atoms with E-state index in [9.17, 15) is 10.1 Å². The van der Waals surface area contributed by atoms with Gasteiger partial charge in [0.25, 0.3) is 5.91 Å². The fourth-order valence-corrected chi connectivity index (χ4v) is 4.67. The van der Waals surface area contributed by atoms with Crippen molar-refractivity contribution in [2.24, 2.45) is 0 Å². The van der Waals surface area contributed by atoms with Gasteiger partial charge in [0.2, 0.25) is 0 Å². The molecule has 31 heavy (non-hydrogen) atoms. The smallest absolute Gasteiger partial charge is 0.251 e. The molecule has 6 nitrogen and oxygen atoms in total. The van der Waals surface area contributed by atoms with Gasteiger partial charge in [-0.1, -0.05) is 30.3 Å². The standard InChI is InChI=1S/C25H21N5O/c26-13-24(7-8-24)17-4-1-15(2-5-17)20-12-28-22(27)21(30-20)16-3-6-18-19(11-16)25(9-10-25)14-29-23(18)31/h1-6,11-12H,7-10,14H2,(H2,27,28)(H,29,31). The predicted octanol–water partition coefficient (Wildman–Crippen LogP) is 3.72. The maximum atomic E-state index is 12.3. The molecule has 1 amide bonds. The Hall–Kier alpha value is -3.72. The summed E-state index contributed by atoms with van der Waals surface area (Å²) >= 11 is 0. The summed E-state index contributed by atoms with van der Waals surface area (Å²) < 4.78 is 0. The zero-order valence-electron chi connectivity index (χ0n) is 17.0. The van der Waals surface area contributed by atoms with Crippen molar-refractivity contribution in [2.75, 3.05) is 12.3 Å². The lowest BCUT2D eigenvalue weighted by atomic mass is 9.86. The van der Waals surface area contributed by atoms with E-state index in [-0.39, 0.29) is 16.7 Å². The number of carbonyl (C=O) groups excluding carboxylic acids is 1. The number of benzene rings is 2. The summed E-state index contributed by atoms with van der Waals surface area (Å²) in [6.45, 7) is 0.694. The second kappa shape index (κ2) is 6.14. The lowest BCUT2D eigenvalue weighted by molar-refractivity contribution is 0.0937. The van der Waals surface area contributed by atoms with Gasteiger partial charge in [-0.25, -0.2) is 9.97 Å². The van der Waals surface area contributed by atoms with E-state index in [0.29, 0.717) is 18.1 Å². The molecule has 1 aliphatic heterocycles. The topological polar surface area (TPSA) is 105 Å². The molecule has 3 aliphatic rings. The highest BCUT2D eigenvalue weighted by Crippen LogP contribution is 2.51. The maximum Gasteiger partial charge on any atom is 0.251 e. The van der Waals surface area contributed by atoms with Gasteiger partial charge in [0.15, 0.2) is 0 Å². The lowest BCUT2D eigenvalue weighted by Gasteiger charge is -2.26. The molecule has 0 atom stereocenters. The minimum Gasteiger partial charge on any atom is -0.382 e. The molecule has 3 N–H and O–H groups in total. The van der Waals surface area contributed by atoms with Gasteiger partial charge in [0.1, 0.15) is 11.5 Å². The molecule has 2 fully saturated rings. The van der Waals surface area contributed by atoms with Crippen molar-refractivity contribution in [3.8, 4) is 28.6 Å². The Morgan fingerprint density at radius 3 is 2.45 bits per heavy atom. The highest BCUT2D eigenvalue weighted by molar-refractivity contribution is 5.98. The fourth-order valence-electron chi connectivity index (χ4n) is 4.67. The average Bonchev–Trinajstić information content (AvgIpc) is 3.73. The van der Waals surface area contributed by atoms with Crippen molar-refractivity contribution in [2.45, 2.75) is 36.5 Å². The van der Waals surface area contributed by atoms with Crippen LogP contribution in [0.5, 0.6) is 0 Å². The highest BCUT2D eigenvalue weighted by atomic mass is 16.1. The number of anilines is 1. The van der Waals surface area contributed by atoms with E-state index in [1.54, 1.807) is 6.20 Å². The number of nitrogen functional groups attached to an aromatic ring is 1. The molecule has 2 heterocycles. The van der Waals surface area contributed by atoms with Gasteiger partial charge in [-0.05, 0) is 48.9 Å². The summed E-state index contributed by atoms with van der Waals surface area (Å²) in [5.41, 5.74) is 12.0. The van der Waals surface area contributed by atoms with E-state index in [2.05, 4.69) is 22.4 Å². The third-order valence-electron chi connectivity index (χ3n) is 7.05. The molecule has 0 unspecified atom stereocenters. The molecule has 1 aromatic heterocycles. The Balaban J connectivity index is 1.39. The number of nitriles is 1. The van der Waals surface area contributed by atoms with Crippen LogP contribution in [-0.2, 0) is 10.8 Å². The van der Waals surface area contributed by atoms with Crippen molar-refractivity contribution < 1.29 is 4.79 Å². The first kappa shape index (κ1) is 18.1. The summed E-state index contributed by atoms with van der Waals surface area (Å²) in [6.07, 6.45) is 5.70. The number of fused-ring (bicyclic) bond motifs is 2. The summed E-state index contributed by atoms with van der Waals surface area (Å²) in [5, 5.41) is 12.4. The molecule has 0 saturated heterocycles. The van der Waals surface area contributed by atoms with Gasteiger partial charge >= 0.3 is 0 Å². The summed E-state index contributed by atoms with van der Waals surface area (Å²) in [6, 6.07) is 16.3. The average molecular weight is 407 g/mol. The highest BCUT2D eigenvalue weighted by Gasteiger charge is 2.49. The molecule has 2 aromatic carbocycles. The van der Waals surface area contributed by atoms with Crippen LogP contribution in [0.15, 0.2) is 48.7 Å². The number of amides is 1. The van der Waals surface area contributed by atoms with Gasteiger partial charge in [-0.2, -0.15) is 5.26 Å². The fraction of sp³-hybridized carbons (Fsp3) is 0.280. The van der Waals surface area contributed by atoms with Gasteiger partial charge in [0, 0.05) is 28.7 Å². The Morgan fingerprint density at radius 2 is 1.77 bits per heavy atom. The first-order chi connectivity index (χ1) is 15.0. The molecular weight excluding hydrogens is 386 g/mol. The summed E-state index contributed by atoms with van der Waals surface area (Å²) in [7, 11) is 0. The number of nitrogens with zero attached hydrogens (tertiary/aromatic N) is 3. The quantitative estimate of drug-likeness (QED) is 0.688. The van der Waals surface area contributed by atoms with Crippen molar-refractivity contribution in [3.63, 3.8) is 0 Å². The molecule has 6 heteroatoms. The van der Waals surface area contributed by atoms with E-state index in [1.165, 1.54) is 0 Å². The summed E-state index contributed by atoms with van der Waals surface area (Å²) in [4.78, 5) is 21.5.